The minimum absolute atomic E-state index is 0.0634. The first-order chi connectivity index (χ1) is 18.7. The lowest BCUT2D eigenvalue weighted by atomic mass is 9.96. The first kappa shape index (κ1) is 24.3. The van der Waals surface area contributed by atoms with Gasteiger partial charge in [-0.15, -0.1) is 0 Å². The first-order valence-electron chi connectivity index (χ1n) is 12.5. The topological polar surface area (TPSA) is 102 Å². The Morgan fingerprint density at radius 3 is 2.41 bits per heavy atom. The van der Waals surface area contributed by atoms with E-state index in [4.69, 9.17) is 4.98 Å². The van der Waals surface area contributed by atoms with Crippen molar-refractivity contribution in [2.24, 2.45) is 14.1 Å². The quantitative estimate of drug-likeness (QED) is 0.370. The summed E-state index contributed by atoms with van der Waals surface area (Å²) in [6.45, 7) is 1.97. The SMILES string of the molecule is Cc1ccncc1-c1cc2c3c(-c4ccc(C(=O)N(C)C)cc4)c(-c4cnn(C)c4)[nH]c3ncc2n(C)c1=O. The molecule has 5 heterocycles. The van der Waals surface area contributed by atoms with E-state index < -0.39 is 0 Å². The molecule has 6 rings (SSSR count). The van der Waals surface area contributed by atoms with Crippen molar-refractivity contribution in [2.75, 3.05) is 14.1 Å². The number of H-pyrrole nitrogens is 1. The average molecular weight is 518 g/mol. The molecule has 0 aliphatic rings. The van der Waals surface area contributed by atoms with Gasteiger partial charge in [0.2, 0.25) is 0 Å². The van der Waals surface area contributed by atoms with Crippen LogP contribution in [0.1, 0.15) is 15.9 Å². The van der Waals surface area contributed by atoms with E-state index in [0.29, 0.717) is 16.8 Å². The summed E-state index contributed by atoms with van der Waals surface area (Å²) >= 11 is 0. The third-order valence-electron chi connectivity index (χ3n) is 7.18. The van der Waals surface area contributed by atoms with Crippen LogP contribution >= 0.6 is 0 Å². The Kier molecular flexibility index (Phi) is 5.64. The lowest BCUT2D eigenvalue weighted by Gasteiger charge is -2.13. The molecular weight excluding hydrogens is 490 g/mol. The number of nitrogens with zero attached hydrogens (tertiary/aromatic N) is 6. The second-order valence-electron chi connectivity index (χ2n) is 9.95. The van der Waals surface area contributed by atoms with Crippen LogP contribution in [-0.4, -0.2) is 54.2 Å². The Balaban J connectivity index is 1.71. The Morgan fingerprint density at radius 1 is 0.974 bits per heavy atom. The Morgan fingerprint density at radius 2 is 1.74 bits per heavy atom. The molecular formula is C30H27N7O2. The van der Waals surface area contributed by atoms with Gasteiger partial charge in [0.05, 0.1) is 23.6 Å². The van der Waals surface area contributed by atoms with Gasteiger partial charge in [0.15, 0.2) is 0 Å². The minimum Gasteiger partial charge on any atom is -0.345 e. The summed E-state index contributed by atoms with van der Waals surface area (Å²) in [4.78, 5) is 40.1. The molecule has 0 aliphatic heterocycles. The highest BCUT2D eigenvalue weighted by molar-refractivity contribution is 6.16. The van der Waals surface area contributed by atoms with Gasteiger partial charge < -0.3 is 14.5 Å². The molecule has 6 aromatic rings. The summed E-state index contributed by atoms with van der Waals surface area (Å²) in [5, 5.41) is 6.15. The number of aromatic nitrogens is 6. The number of pyridine rings is 3. The molecule has 0 fully saturated rings. The molecule has 1 aromatic carbocycles. The third kappa shape index (κ3) is 3.90. The Labute approximate surface area is 224 Å². The van der Waals surface area contributed by atoms with Gasteiger partial charge in [-0.05, 0) is 42.3 Å². The second kappa shape index (κ2) is 9.05. The van der Waals surface area contributed by atoms with Crippen LogP contribution in [0.2, 0.25) is 0 Å². The van der Waals surface area contributed by atoms with Gasteiger partial charge in [-0.3, -0.25) is 19.3 Å². The molecule has 0 unspecified atom stereocenters. The Hall–Kier alpha value is -5.05. The lowest BCUT2D eigenvalue weighted by molar-refractivity contribution is 0.0827. The van der Waals surface area contributed by atoms with Gasteiger partial charge in [0.25, 0.3) is 11.5 Å². The molecule has 5 aromatic heterocycles. The Bertz CT molecular complexity index is 1960. The zero-order valence-electron chi connectivity index (χ0n) is 22.4. The number of fused-ring (bicyclic) bond motifs is 3. The van der Waals surface area contributed by atoms with Crippen molar-refractivity contribution >= 4 is 27.8 Å². The standard InChI is InChI=1S/C30H27N7O2/c1-17-10-11-31-14-23(17)21-12-22-24(37(5)30(21)39)15-32-28-26(22)25(27(34-28)20-13-33-36(4)16-20)18-6-8-19(9-7-18)29(38)35(2)3/h6-16H,1-5H3,(H,32,34). The maximum atomic E-state index is 13.5. The zero-order valence-corrected chi connectivity index (χ0v) is 22.4. The van der Waals surface area contributed by atoms with Gasteiger partial charge >= 0.3 is 0 Å². The summed E-state index contributed by atoms with van der Waals surface area (Å²) in [5.74, 6) is -0.0634. The van der Waals surface area contributed by atoms with Crippen molar-refractivity contribution < 1.29 is 4.79 Å². The fraction of sp³-hybridized carbons (Fsp3) is 0.167. The molecule has 9 heteroatoms. The van der Waals surface area contributed by atoms with E-state index in [1.807, 2.05) is 56.6 Å². The largest absolute Gasteiger partial charge is 0.345 e. The number of hydrogen-bond acceptors (Lipinski definition) is 5. The van der Waals surface area contributed by atoms with E-state index >= 15 is 0 Å². The minimum atomic E-state index is -0.115. The maximum absolute atomic E-state index is 13.5. The smallest absolute Gasteiger partial charge is 0.258 e. The van der Waals surface area contributed by atoms with Crippen LogP contribution in [0.25, 0.3) is 55.4 Å². The fourth-order valence-corrected chi connectivity index (χ4v) is 5.11. The summed E-state index contributed by atoms with van der Waals surface area (Å²) in [5.41, 5.74) is 7.84. The molecule has 0 saturated heterocycles. The van der Waals surface area contributed by atoms with E-state index in [2.05, 4.69) is 15.1 Å². The van der Waals surface area contributed by atoms with E-state index in [-0.39, 0.29) is 11.5 Å². The van der Waals surface area contributed by atoms with E-state index in [9.17, 15) is 9.59 Å². The highest BCUT2D eigenvalue weighted by Gasteiger charge is 2.22. The number of rotatable bonds is 4. The molecule has 0 saturated carbocycles. The molecule has 1 N–H and O–H groups in total. The predicted octanol–water partition coefficient (Wildman–Crippen LogP) is 4.55. The van der Waals surface area contributed by atoms with Gasteiger partial charge in [-0.25, -0.2) is 4.98 Å². The van der Waals surface area contributed by atoms with Crippen LogP contribution in [0.15, 0.2) is 72.2 Å². The molecule has 0 aliphatic carbocycles. The van der Waals surface area contributed by atoms with Gasteiger partial charge in [-0.1, -0.05) is 12.1 Å². The number of aromatic amines is 1. The maximum Gasteiger partial charge on any atom is 0.258 e. The van der Waals surface area contributed by atoms with Crippen molar-refractivity contribution in [3.05, 3.63) is 88.9 Å². The molecule has 39 heavy (non-hydrogen) atoms. The van der Waals surface area contributed by atoms with Crippen LogP contribution in [0.4, 0.5) is 0 Å². The number of carbonyl (C=O) groups is 1. The molecule has 0 bridgehead atoms. The number of nitrogens with one attached hydrogen (secondary N) is 1. The number of aryl methyl sites for hydroxylation is 3. The van der Waals surface area contributed by atoms with E-state index in [0.717, 1.165) is 49.8 Å². The molecule has 0 spiro atoms. The zero-order chi connectivity index (χ0) is 27.4. The van der Waals surface area contributed by atoms with Crippen LogP contribution < -0.4 is 5.56 Å². The summed E-state index contributed by atoms with van der Waals surface area (Å²) in [6.07, 6.45) is 8.93. The third-order valence-corrected chi connectivity index (χ3v) is 7.18. The van der Waals surface area contributed by atoms with Crippen molar-refractivity contribution in [2.45, 2.75) is 6.92 Å². The average Bonchev–Trinajstić information content (AvgIpc) is 3.54. The lowest BCUT2D eigenvalue weighted by Crippen LogP contribution is -2.21. The molecule has 0 radical (unpaired) electrons. The van der Waals surface area contributed by atoms with Crippen LogP contribution in [0, 0.1) is 6.92 Å². The first-order valence-corrected chi connectivity index (χ1v) is 12.5. The van der Waals surface area contributed by atoms with Gasteiger partial charge in [-0.2, -0.15) is 5.10 Å². The monoisotopic (exact) mass is 517 g/mol. The van der Waals surface area contributed by atoms with Crippen molar-refractivity contribution in [3.8, 4) is 33.5 Å². The molecule has 0 atom stereocenters. The van der Waals surface area contributed by atoms with Crippen molar-refractivity contribution in [1.82, 2.24) is 34.2 Å². The van der Waals surface area contributed by atoms with E-state index in [1.54, 1.807) is 60.1 Å². The number of benzene rings is 1. The summed E-state index contributed by atoms with van der Waals surface area (Å²) < 4.78 is 3.39. The normalized spacial score (nSPS) is 11.4. The molecule has 9 nitrogen and oxygen atoms in total. The predicted molar refractivity (Wildman–Crippen MR) is 152 cm³/mol. The van der Waals surface area contributed by atoms with Crippen molar-refractivity contribution in [3.63, 3.8) is 0 Å². The van der Waals surface area contributed by atoms with Crippen LogP contribution in [0.5, 0.6) is 0 Å². The van der Waals surface area contributed by atoms with Gasteiger partial charge in [0.1, 0.15) is 5.65 Å². The molecule has 1 amide bonds. The van der Waals surface area contributed by atoms with Crippen LogP contribution in [0.3, 0.4) is 0 Å². The van der Waals surface area contributed by atoms with Crippen LogP contribution in [-0.2, 0) is 14.1 Å². The number of hydrogen-bond donors (Lipinski definition) is 1. The highest BCUT2D eigenvalue weighted by Crippen LogP contribution is 2.41. The van der Waals surface area contributed by atoms with E-state index in [1.165, 1.54) is 0 Å². The second-order valence-corrected chi connectivity index (χ2v) is 9.95. The van der Waals surface area contributed by atoms with Gasteiger partial charge in [0, 0.05) is 85.4 Å². The van der Waals surface area contributed by atoms with Crippen molar-refractivity contribution in [1.29, 1.82) is 0 Å². The number of amides is 1. The highest BCUT2D eigenvalue weighted by atomic mass is 16.2. The fourth-order valence-electron chi connectivity index (χ4n) is 5.11. The number of carbonyl (C=O) groups excluding carboxylic acids is 1. The summed E-state index contributed by atoms with van der Waals surface area (Å²) in [7, 11) is 7.11. The summed E-state index contributed by atoms with van der Waals surface area (Å²) in [6, 6.07) is 11.4. The molecule has 194 valence electrons.